The van der Waals surface area contributed by atoms with Crippen LogP contribution in [-0.2, 0) is 10.0 Å². The fourth-order valence-electron chi connectivity index (χ4n) is 1.83. The summed E-state index contributed by atoms with van der Waals surface area (Å²) in [7, 11) is -4.12. The van der Waals surface area contributed by atoms with Crippen LogP contribution in [-0.4, -0.2) is 35.0 Å². The molecule has 0 saturated carbocycles. The Balaban J connectivity index is 2.24. The summed E-state index contributed by atoms with van der Waals surface area (Å²) in [4.78, 5) is 22.7. The van der Waals surface area contributed by atoms with E-state index < -0.39 is 21.9 Å². The zero-order valence-corrected chi connectivity index (χ0v) is 11.2. The normalized spacial score (nSPS) is 16.2. The van der Waals surface area contributed by atoms with E-state index in [0.717, 1.165) is 23.8 Å². The van der Waals surface area contributed by atoms with Crippen molar-refractivity contribution in [1.82, 2.24) is 9.59 Å². The van der Waals surface area contributed by atoms with Crippen LogP contribution in [0.2, 0.25) is 0 Å². The Hall–Kier alpha value is -2.33. The zero-order valence-electron chi connectivity index (χ0n) is 9.55. The number of aromatic nitrogens is 2. The Morgan fingerprint density at radius 1 is 1.35 bits per heavy atom. The SMILES string of the molecule is O=C(O)c1ccc2c(c1)S(=O)(=O)N(c1cnns1)C2=O. The largest absolute Gasteiger partial charge is 0.478 e. The third-order valence-corrected chi connectivity index (χ3v) is 5.21. The highest BCUT2D eigenvalue weighted by atomic mass is 32.2. The molecule has 8 nitrogen and oxygen atoms in total. The summed E-state index contributed by atoms with van der Waals surface area (Å²) in [5.41, 5.74) is -0.271. The van der Waals surface area contributed by atoms with Crippen LogP contribution in [0.4, 0.5) is 5.00 Å². The Bertz CT molecular complexity index is 829. The topological polar surface area (TPSA) is 118 Å². The molecule has 102 valence electrons. The molecule has 2 heterocycles. The first kappa shape index (κ1) is 12.7. The molecule has 0 unspecified atom stereocenters. The number of rotatable bonds is 2. The van der Waals surface area contributed by atoms with Crippen LogP contribution in [0.15, 0.2) is 29.3 Å². The van der Waals surface area contributed by atoms with Gasteiger partial charge in [-0.2, -0.15) is 4.31 Å². The average Bonchev–Trinajstić information content (AvgIpc) is 2.96. The van der Waals surface area contributed by atoms with Gasteiger partial charge in [-0.05, 0) is 18.2 Å². The van der Waals surface area contributed by atoms with Gasteiger partial charge >= 0.3 is 5.97 Å². The van der Waals surface area contributed by atoms with Crippen molar-refractivity contribution in [1.29, 1.82) is 0 Å². The number of carbonyl (C=O) groups excluding carboxylic acids is 1. The first-order valence-corrected chi connectivity index (χ1v) is 7.38. The first-order chi connectivity index (χ1) is 9.43. The molecule has 0 fully saturated rings. The molecule has 1 aromatic carbocycles. The quantitative estimate of drug-likeness (QED) is 0.862. The van der Waals surface area contributed by atoms with Gasteiger partial charge in [0, 0.05) is 11.5 Å². The van der Waals surface area contributed by atoms with Crippen LogP contribution < -0.4 is 4.31 Å². The van der Waals surface area contributed by atoms with E-state index in [1.54, 1.807) is 0 Å². The lowest BCUT2D eigenvalue weighted by atomic mass is 10.1. The minimum absolute atomic E-state index is 0.0584. The van der Waals surface area contributed by atoms with Gasteiger partial charge in [-0.25, -0.2) is 13.2 Å². The number of amides is 1. The fourth-order valence-corrected chi connectivity index (χ4v) is 4.16. The molecule has 0 atom stereocenters. The van der Waals surface area contributed by atoms with Crippen molar-refractivity contribution in [3.63, 3.8) is 0 Å². The molecule has 1 aliphatic heterocycles. The summed E-state index contributed by atoms with van der Waals surface area (Å²) < 4.78 is 28.8. The smallest absolute Gasteiger partial charge is 0.335 e. The Morgan fingerprint density at radius 3 is 2.70 bits per heavy atom. The second-order valence-electron chi connectivity index (χ2n) is 3.85. The molecule has 3 rings (SSSR count). The first-order valence-electron chi connectivity index (χ1n) is 5.17. The summed E-state index contributed by atoms with van der Waals surface area (Å²) >= 11 is 0.756. The number of fused-ring (bicyclic) bond motifs is 1. The van der Waals surface area contributed by atoms with Gasteiger partial charge in [-0.1, -0.05) is 4.49 Å². The molecule has 1 amide bonds. The highest BCUT2D eigenvalue weighted by Crippen LogP contribution is 2.36. The summed E-state index contributed by atoms with van der Waals surface area (Å²) in [5, 5.41) is 12.4. The number of sulfonamides is 1. The predicted molar refractivity (Wildman–Crippen MR) is 67.3 cm³/mol. The van der Waals surface area contributed by atoms with Gasteiger partial charge in [0.25, 0.3) is 15.9 Å². The van der Waals surface area contributed by atoms with Crippen LogP contribution in [0.5, 0.6) is 0 Å². The summed E-state index contributed by atoms with van der Waals surface area (Å²) in [6.45, 7) is 0. The second-order valence-corrected chi connectivity index (χ2v) is 6.37. The maximum atomic E-state index is 12.3. The number of aromatic carboxylic acids is 1. The number of anilines is 1. The molecule has 0 saturated heterocycles. The Labute approximate surface area is 116 Å². The van der Waals surface area contributed by atoms with Crippen molar-refractivity contribution < 1.29 is 23.1 Å². The molecule has 10 heteroatoms. The third kappa shape index (κ3) is 1.62. The van der Waals surface area contributed by atoms with E-state index in [9.17, 15) is 18.0 Å². The van der Waals surface area contributed by atoms with Crippen molar-refractivity contribution in [3.8, 4) is 0 Å². The zero-order chi connectivity index (χ0) is 14.5. The van der Waals surface area contributed by atoms with Crippen LogP contribution >= 0.6 is 11.5 Å². The predicted octanol–water partition coefficient (Wildman–Crippen LogP) is 0.585. The third-order valence-electron chi connectivity index (χ3n) is 2.71. The van der Waals surface area contributed by atoms with Gasteiger partial charge in [-0.15, -0.1) is 5.10 Å². The van der Waals surface area contributed by atoms with Crippen LogP contribution in [0, 0.1) is 0 Å². The van der Waals surface area contributed by atoms with E-state index in [-0.39, 0.29) is 21.0 Å². The van der Waals surface area contributed by atoms with Crippen molar-refractivity contribution in [2.24, 2.45) is 0 Å². The van der Waals surface area contributed by atoms with Gasteiger partial charge < -0.3 is 5.11 Å². The minimum atomic E-state index is -4.12. The summed E-state index contributed by atoms with van der Waals surface area (Å²) in [6.07, 6.45) is 1.16. The molecule has 1 aliphatic rings. The molecule has 0 aliphatic carbocycles. The standard InChI is InChI=1S/C10H5N3O5S2/c14-9-6-2-1-5(10(15)16)3-7(6)20(17,18)13(9)8-4-11-12-19-8/h1-4H,(H,15,16). The van der Waals surface area contributed by atoms with E-state index in [2.05, 4.69) is 9.59 Å². The van der Waals surface area contributed by atoms with Gasteiger partial charge in [-0.3, -0.25) is 4.79 Å². The highest BCUT2D eigenvalue weighted by Gasteiger charge is 2.43. The van der Waals surface area contributed by atoms with Crippen LogP contribution in [0.25, 0.3) is 0 Å². The Morgan fingerprint density at radius 2 is 2.10 bits per heavy atom. The molecule has 0 radical (unpaired) electrons. The van der Waals surface area contributed by atoms with Crippen molar-refractivity contribution in [3.05, 3.63) is 35.5 Å². The number of hydrogen-bond acceptors (Lipinski definition) is 7. The van der Waals surface area contributed by atoms with E-state index in [4.69, 9.17) is 5.11 Å². The summed E-state index contributed by atoms with van der Waals surface area (Å²) in [5.74, 6) is -2.02. The molecule has 0 spiro atoms. The van der Waals surface area contributed by atoms with E-state index in [1.807, 2.05) is 0 Å². The molecular weight excluding hydrogens is 306 g/mol. The highest BCUT2D eigenvalue weighted by molar-refractivity contribution is 7.94. The van der Waals surface area contributed by atoms with Crippen molar-refractivity contribution >= 4 is 38.4 Å². The van der Waals surface area contributed by atoms with Crippen molar-refractivity contribution in [2.75, 3.05) is 4.31 Å². The van der Waals surface area contributed by atoms with Gasteiger partial charge in [0.15, 0.2) is 5.00 Å². The molecule has 1 aromatic heterocycles. The molecule has 20 heavy (non-hydrogen) atoms. The molecule has 2 aromatic rings. The summed E-state index contributed by atoms with van der Waals surface area (Å²) in [6, 6.07) is 3.34. The number of hydrogen-bond donors (Lipinski definition) is 1. The van der Waals surface area contributed by atoms with Gasteiger partial charge in [0.2, 0.25) is 0 Å². The number of carboxylic acids is 1. The maximum Gasteiger partial charge on any atom is 0.335 e. The number of carbonyl (C=O) groups is 2. The lowest BCUT2D eigenvalue weighted by Crippen LogP contribution is -2.28. The molecular formula is C10H5N3O5S2. The second kappa shape index (κ2) is 4.08. The number of benzene rings is 1. The van der Waals surface area contributed by atoms with Crippen LogP contribution in [0.3, 0.4) is 0 Å². The lowest BCUT2D eigenvalue weighted by molar-refractivity contribution is 0.0696. The maximum absolute atomic E-state index is 12.3. The minimum Gasteiger partial charge on any atom is -0.478 e. The van der Waals surface area contributed by atoms with Gasteiger partial charge in [0.1, 0.15) is 4.90 Å². The van der Waals surface area contributed by atoms with E-state index >= 15 is 0 Å². The van der Waals surface area contributed by atoms with Crippen molar-refractivity contribution in [2.45, 2.75) is 4.90 Å². The fraction of sp³-hybridized carbons (Fsp3) is 0. The van der Waals surface area contributed by atoms with Gasteiger partial charge in [0.05, 0.1) is 17.3 Å². The lowest BCUT2D eigenvalue weighted by Gasteiger charge is -2.10. The molecule has 1 N–H and O–H groups in total. The number of carboxylic acid groups (broad SMARTS) is 1. The van der Waals surface area contributed by atoms with E-state index in [1.165, 1.54) is 12.1 Å². The Kier molecular flexibility index (Phi) is 2.59. The molecule has 0 bridgehead atoms. The average molecular weight is 311 g/mol. The number of nitrogens with zero attached hydrogens (tertiary/aromatic N) is 3. The van der Waals surface area contributed by atoms with E-state index in [0.29, 0.717) is 4.31 Å². The van der Waals surface area contributed by atoms with Crippen LogP contribution in [0.1, 0.15) is 20.7 Å². The monoisotopic (exact) mass is 311 g/mol.